The molecule has 2 atom stereocenters. The molecule has 2 fully saturated rings. The predicted octanol–water partition coefficient (Wildman–Crippen LogP) is 4.51. The second kappa shape index (κ2) is 6.46. The Labute approximate surface area is 166 Å². The number of aromatic nitrogens is 1. The Balaban J connectivity index is 1.34. The minimum absolute atomic E-state index is 0.636. The lowest BCUT2D eigenvalue weighted by Gasteiger charge is -2.38. The maximum absolute atomic E-state index is 4.92. The van der Waals surface area contributed by atoms with Crippen LogP contribution in [-0.2, 0) is 6.42 Å². The first-order valence-electron chi connectivity index (χ1n) is 10.5. The average Bonchev–Trinajstić information content (AvgIpc) is 3.38. The molecule has 0 amide bonds. The van der Waals surface area contributed by atoms with E-state index in [-0.39, 0.29) is 0 Å². The summed E-state index contributed by atoms with van der Waals surface area (Å²) >= 11 is 0. The topological polar surface area (TPSA) is 28.2 Å². The van der Waals surface area contributed by atoms with Crippen LogP contribution in [0.2, 0.25) is 0 Å². The maximum Gasteiger partial charge on any atom is 0.0706 e. The lowest BCUT2D eigenvalue weighted by molar-refractivity contribution is 0.385. The van der Waals surface area contributed by atoms with Crippen LogP contribution in [0.25, 0.3) is 22.4 Å². The number of anilines is 1. The summed E-state index contributed by atoms with van der Waals surface area (Å²) < 4.78 is 0. The Morgan fingerprint density at radius 1 is 0.893 bits per heavy atom. The number of benzene rings is 2. The zero-order valence-corrected chi connectivity index (χ0v) is 16.1. The number of hydrogen-bond acceptors (Lipinski definition) is 3. The highest BCUT2D eigenvalue weighted by atomic mass is 15.2. The van der Waals surface area contributed by atoms with E-state index in [9.17, 15) is 0 Å². The van der Waals surface area contributed by atoms with Gasteiger partial charge in [-0.2, -0.15) is 0 Å². The van der Waals surface area contributed by atoms with Crippen LogP contribution in [-0.4, -0.2) is 30.7 Å². The van der Waals surface area contributed by atoms with Crippen molar-refractivity contribution in [3.8, 4) is 22.4 Å². The average molecular weight is 367 g/mol. The van der Waals surface area contributed by atoms with Crippen LogP contribution in [0.4, 0.5) is 5.69 Å². The molecule has 140 valence electrons. The van der Waals surface area contributed by atoms with Gasteiger partial charge in [0.05, 0.1) is 17.6 Å². The first kappa shape index (κ1) is 16.3. The second-order valence-electron chi connectivity index (χ2n) is 8.39. The summed E-state index contributed by atoms with van der Waals surface area (Å²) in [6.45, 7) is 3.43. The molecule has 2 aliphatic heterocycles. The SMILES string of the molecule is c1ccc2c(c1)Cc1c(-c3ccc(N4CCC[C@@H]5CNC[C@@H]54)cn3)cccc1-2. The van der Waals surface area contributed by atoms with E-state index in [1.165, 1.54) is 52.9 Å². The number of nitrogens with zero attached hydrogens (tertiary/aromatic N) is 2. The molecule has 0 unspecified atom stereocenters. The molecule has 3 nitrogen and oxygen atoms in total. The molecule has 3 heterocycles. The van der Waals surface area contributed by atoms with Crippen molar-refractivity contribution in [1.82, 2.24) is 10.3 Å². The second-order valence-corrected chi connectivity index (χ2v) is 8.39. The molecule has 3 aromatic rings. The normalized spacial score (nSPS) is 22.6. The third-order valence-corrected chi connectivity index (χ3v) is 6.88. The number of fused-ring (bicyclic) bond motifs is 4. The molecule has 2 saturated heterocycles. The third kappa shape index (κ3) is 2.50. The molecule has 28 heavy (non-hydrogen) atoms. The van der Waals surface area contributed by atoms with Crippen molar-refractivity contribution < 1.29 is 0 Å². The minimum Gasteiger partial charge on any atom is -0.366 e. The van der Waals surface area contributed by atoms with E-state index in [4.69, 9.17) is 4.98 Å². The van der Waals surface area contributed by atoms with Gasteiger partial charge >= 0.3 is 0 Å². The smallest absolute Gasteiger partial charge is 0.0706 e. The lowest BCUT2D eigenvalue weighted by atomic mass is 9.91. The number of nitrogens with one attached hydrogen (secondary N) is 1. The number of rotatable bonds is 2. The Kier molecular flexibility index (Phi) is 3.76. The Morgan fingerprint density at radius 3 is 2.71 bits per heavy atom. The van der Waals surface area contributed by atoms with Gasteiger partial charge in [0, 0.05) is 31.2 Å². The highest BCUT2D eigenvalue weighted by Crippen LogP contribution is 2.41. The van der Waals surface area contributed by atoms with Crippen LogP contribution in [0.5, 0.6) is 0 Å². The Morgan fingerprint density at radius 2 is 1.79 bits per heavy atom. The van der Waals surface area contributed by atoms with Gasteiger partial charge in [-0.3, -0.25) is 4.98 Å². The molecule has 1 aromatic heterocycles. The van der Waals surface area contributed by atoms with Crippen LogP contribution < -0.4 is 10.2 Å². The van der Waals surface area contributed by atoms with Gasteiger partial charge < -0.3 is 10.2 Å². The van der Waals surface area contributed by atoms with Crippen molar-refractivity contribution in [2.45, 2.75) is 25.3 Å². The van der Waals surface area contributed by atoms with Gasteiger partial charge in [-0.05, 0) is 59.6 Å². The van der Waals surface area contributed by atoms with Crippen molar-refractivity contribution in [1.29, 1.82) is 0 Å². The largest absolute Gasteiger partial charge is 0.366 e. The molecule has 6 rings (SSSR count). The van der Waals surface area contributed by atoms with E-state index >= 15 is 0 Å². The Hall–Kier alpha value is -2.65. The van der Waals surface area contributed by atoms with Crippen molar-refractivity contribution in [2.75, 3.05) is 24.5 Å². The molecule has 3 aliphatic rings. The summed E-state index contributed by atoms with van der Waals surface area (Å²) in [5.74, 6) is 0.796. The van der Waals surface area contributed by atoms with Crippen LogP contribution in [0.1, 0.15) is 24.0 Å². The molecule has 0 radical (unpaired) electrons. The van der Waals surface area contributed by atoms with Crippen LogP contribution >= 0.6 is 0 Å². The van der Waals surface area contributed by atoms with Gasteiger partial charge in [0.1, 0.15) is 0 Å². The van der Waals surface area contributed by atoms with E-state index in [1.54, 1.807) is 0 Å². The maximum atomic E-state index is 4.92. The van der Waals surface area contributed by atoms with E-state index in [0.29, 0.717) is 6.04 Å². The highest BCUT2D eigenvalue weighted by Gasteiger charge is 2.35. The van der Waals surface area contributed by atoms with Crippen molar-refractivity contribution in [2.24, 2.45) is 5.92 Å². The monoisotopic (exact) mass is 367 g/mol. The van der Waals surface area contributed by atoms with Crippen LogP contribution in [0.15, 0.2) is 60.8 Å². The van der Waals surface area contributed by atoms with Crippen molar-refractivity contribution >= 4 is 5.69 Å². The molecule has 2 aromatic carbocycles. The molecule has 0 spiro atoms. The standard InChI is InChI=1S/C25H25N3/c1-2-7-20-17(5-1)13-23-21(20)8-3-9-22(23)24-11-10-19(15-27-24)28-12-4-6-18-14-26-16-25(18)28/h1-3,5,7-11,15,18,25-26H,4,6,12-14,16H2/t18-,25+/m1/s1. The number of pyridine rings is 1. The minimum atomic E-state index is 0.636. The summed E-state index contributed by atoms with van der Waals surface area (Å²) in [5.41, 5.74) is 9.24. The molecule has 3 heteroatoms. The van der Waals surface area contributed by atoms with Crippen molar-refractivity contribution in [3.05, 3.63) is 71.9 Å². The lowest BCUT2D eigenvalue weighted by Crippen LogP contribution is -2.45. The van der Waals surface area contributed by atoms with E-state index < -0.39 is 0 Å². The van der Waals surface area contributed by atoms with Gasteiger partial charge in [0.15, 0.2) is 0 Å². The molecule has 1 N–H and O–H groups in total. The fourth-order valence-corrected chi connectivity index (χ4v) is 5.50. The van der Waals surface area contributed by atoms with Gasteiger partial charge in [-0.25, -0.2) is 0 Å². The van der Waals surface area contributed by atoms with Gasteiger partial charge in [-0.1, -0.05) is 42.5 Å². The first-order valence-corrected chi connectivity index (χ1v) is 10.5. The summed E-state index contributed by atoms with van der Waals surface area (Å²) in [6.07, 6.45) is 5.75. The van der Waals surface area contributed by atoms with Gasteiger partial charge in [0.25, 0.3) is 0 Å². The Bertz CT molecular complexity index is 1020. The summed E-state index contributed by atoms with van der Waals surface area (Å²) in [5, 5.41) is 3.58. The third-order valence-electron chi connectivity index (χ3n) is 6.88. The fraction of sp³-hybridized carbons (Fsp3) is 0.320. The quantitative estimate of drug-likeness (QED) is 0.565. The molecular weight excluding hydrogens is 342 g/mol. The molecule has 0 bridgehead atoms. The fourth-order valence-electron chi connectivity index (χ4n) is 5.50. The summed E-state index contributed by atoms with van der Waals surface area (Å²) in [4.78, 5) is 7.50. The summed E-state index contributed by atoms with van der Waals surface area (Å²) in [6, 6.07) is 20.6. The van der Waals surface area contributed by atoms with Crippen LogP contribution in [0, 0.1) is 5.92 Å². The van der Waals surface area contributed by atoms with Crippen LogP contribution in [0.3, 0.4) is 0 Å². The highest BCUT2D eigenvalue weighted by molar-refractivity contribution is 5.84. The zero-order chi connectivity index (χ0) is 18.5. The summed E-state index contributed by atoms with van der Waals surface area (Å²) in [7, 11) is 0. The molecule has 0 saturated carbocycles. The van der Waals surface area contributed by atoms with E-state index in [2.05, 4.69) is 71.0 Å². The van der Waals surface area contributed by atoms with Gasteiger partial charge in [-0.15, -0.1) is 0 Å². The van der Waals surface area contributed by atoms with E-state index in [0.717, 1.165) is 31.1 Å². The van der Waals surface area contributed by atoms with Gasteiger partial charge in [0.2, 0.25) is 0 Å². The van der Waals surface area contributed by atoms with Crippen molar-refractivity contribution in [3.63, 3.8) is 0 Å². The zero-order valence-electron chi connectivity index (χ0n) is 16.1. The molecule has 1 aliphatic carbocycles. The molecular formula is C25H25N3. The predicted molar refractivity (Wildman–Crippen MR) is 115 cm³/mol. The van der Waals surface area contributed by atoms with E-state index in [1.807, 2.05) is 0 Å². The number of piperidine rings is 1. The first-order chi connectivity index (χ1) is 13.9. The number of hydrogen-bond donors (Lipinski definition) is 1.